The van der Waals surface area contributed by atoms with Crippen LogP contribution in [0.4, 0.5) is 5.69 Å². The zero-order valence-electron chi connectivity index (χ0n) is 15.3. The molecule has 0 atom stereocenters. The summed E-state index contributed by atoms with van der Waals surface area (Å²) in [5.74, 6) is -2.04. The third-order valence-corrected chi connectivity index (χ3v) is 5.12. The smallest absolute Gasteiger partial charge is 0.337 e. The average Bonchev–Trinajstić information content (AvgIpc) is 2.72. The largest absolute Gasteiger partial charge is 0.465 e. The number of carbonyl (C=O) groups excluding carboxylic acids is 3. The molecule has 0 aliphatic rings. The van der Waals surface area contributed by atoms with Crippen molar-refractivity contribution < 1.29 is 32.3 Å². The topological polar surface area (TPSA) is 128 Å². The van der Waals surface area contributed by atoms with E-state index in [0.717, 1.165) is 0 Å². The van der Waals surface area contributed by atoms with Gasteiger partial charge < -0.3 is 14.8 Å². The molecule has 0 aromatic heterocycles. The Morgan fingerprint density at radius 3 is 1.93 bits per heavy atom. The van der Waals surface area contributed by atoms with Crippen LogP contribution in [0.5, 0.6) is 0 Å². The highest BCUT2D eigenvalue weighted by Gasteiger charge is 2.17. The lowest BCUT2D eigenvalue weighted by Gasteiger charge is -2.10. The Morgan fingerprint density at radius 1 is 0.857 bits per heavy atom. The number of hydrogen-bond donors (Lipinski definition) is 2. The molecule has 0 fully saturated rings. The number of amides is 1. The molecule has 0 saturated carbocycles. The standard InChI is InChI=1S/C18H18N2O7S/c1-19-28(24,25)15-6-4-5-11(10-15)16(21)20-14-8-12(17(22)26-2)7-13(9-14)18(23)27-3/h4-10,19H,1-3H3,(H,20,21). The van der Waals surface area contributed by atoms with Crippen LogP contribution in [-0.2, 0) is 19.5 Å². The molecule has 0 aliphatic carbocycles. The van der Waals surface area contributed by atoms with E-state index < -0.39 is 27.9 Å². The molecule has 0 bridgehead atoms. The summed E-state index contributed by atoms with van der Waals surface area (Å²) >= 11 is 0. The van der Waals surface area contributed by atoms with Gasteiger partial charge in [0.25, 0.3) is 5.91 Å². The molecule has 0 heterocycles. The zero-order chi connectivity index (χ0) is 20.9. The van der Waals surface area contributed by atoms with E-state index in [1.807, 2.05) is 0 Å². The van der Waals surface area contributed by atoms with Crippen molar-refractivity contribution in [2.45, 2.75) is 4.90 Å². The van der Waals surface area contributed by atoms with Crippen molar-refractivity contribution >= 4 is 33.6 Å². The fourth-order valence-electron chi connectivity index (χ4n) is 2.30. The quantitative estimate of drug-likeness (QED) is 0.694. The molecule has 2 N–H and O–H groups in total. The van der Waals surface area contributed by atoms with Crippen LogP contribution in [0.1, 0.15) is 31.1 Å². The molecule has 0 aliphatic heterocycles. The van der Waals surface area contributed by atoms with Crippen LogP contribution < -0.4 is 10.0 Å². The summed E-state index contributed by atoms with van der Waals surface area (Å²) in [4.78, 5) is 36.1. The second kappa shape index (κ2) is 8.63. The minimum absolute atomic E-state index is 0.0345. The minimum Gasteiger partial charge on any atom is -0.465 e. The van der Waals surface area contributed by atoms with Crippen LogP contribution in [0.15, 0.2) is 47.4 Å². The molecule has 148 valence electrons. The third-order valence-electron chi connectivity index (χ3n) is 3.71. The molecular weight excluding hydrogens is 388 g/mol. The van der Waals surface area contributed by atoms with Gasteiger partial charge in [-0.1, -0.05) is 6.07 Å². The lowest BCUT2D eigenvalue weighted by molar-refractivity contribution is 0.0599. The van der Waals surface area contributed by atoms with E-state index >= 15 is 0 Å². The molecule has 2 rings (SSSR count). The summed E-state index contributed by atoms with van der Waals surface area (Å²) in [5.41, 5.74) is 0.272. The van der Waals surface area contributed by atoms with Crippen LogP contribution in [0.2, 0.25) is 0 Å². The van der Waals surface area contributed by atoms with Gasteiger partial charge in [-0.05, 0) is 43.4 Å². The summed E-state index contributed by atoms with van der Waals surface area (Å²) < 4.78 is 35.2. The van der Waals surface area contributed by atoms with Crippen molar-refractivity contribution in [2.24, 2.45) is 0 Å². The van der Waals surface area contributed by atoms with Crippen LogP contribution in [0, 0.1) is 0 Å². The van der Waals surface area contributed by atoms with Crippen molar-refractivity contribution in [1.29, 1.82) is 0 Å². The number of rotatable bonds is 6. The van der Waals surface area contributed by atoms with Gasteiger partial charge in [-0.3, -0.25) is 4.79 Å². The number of sulfonamides is 1. The van der Waals surface area contributed by atoms with E-state index in [0.29, 0.717) is 0 Å². The van der Waals surface area contributed by atoms with Gasteiger partial charge in [-0.25, -0.2) is 22.7 Å². The van der Waals surface area contributed by atoms with E-state index in [4.69, 9.17) is 0 Å². The van der Waals surface area contributed by atoms with Gasteiger partial charge >= 0.3 is 11.9 Å². The Kier molecular flexibility index (Phi) is 6.49. The SMILES string of the molecule is CNS(=O)(=O)c1cccc(C(=O)Nc2cc(C(=O)OC)cc(C(=O)OC)c2)c1. The number of esters is 2. The first-order chi connectivity index (χ1) is 13.2. The van der Waals surface area contributed by atoms with Gasteiger partial charge in [0, 0.05) is 11.3 Å². The lowest BCUT2D eigenvalue weighted by Crippen LogP contribution is -2.20. The Bertz CT molecular complexity index is 998. The third kappa shape index (κ3) is 4.72. The van der Waals surface area contributed by atoms with Crippen molar-refractivity contribution in [3.05, 3.63) is 59.2 Å². The number of methoxy groups -OCH3 is 2. The van der Waals surface area contributed by atoms with Gasteiger partial charge in [0.15, 0.2) is 0 Å². The first-order valence-electron chi connectivity index (χ1n) is 7.88. The Hall–Kier alpha value is -3.24. The maximum atomic E-state index is 12.5. The molecule has 10 heteroatoms. The van der Waals surface area contributed by atoms with Crippen molar-refractivity contribution in [3.8, 4) is 0 Å². The van der Waals surface area contributed by atoms with Gasteiger partial charge in [0.05, 0.1) is 30.2 Å². The monoisotopic (exact) mass is 406 g/mol. The fourth-order valence-corrected chi connectivity index (χ4v) is 3.07. The van der Waals surface area contributed by atoms with Crippen LogP contribution in [0.25, 0.3) is 0 Å². The summed E-state index contributed by atoms with van der Waals surface area (Å²) in [7, 11) is -0.104. The van der Waals surface area contributed by atoms with Gasteiger partial charge in [-0.2, -0.15) is 0 Å². The van der Waals surface area contributed by atoms with Crippen LogP contribution in [-0.4, -0.2) is 47.5 Å². The summed E-state index contributed by atoms with van der Waals surface area (Å²) in [6.45, 7) is 0. The van der Waals surface area contributed by atoms with Crippen molar-refractivity contribution in [1.82, 2.24) is 4.72 Å². The molecule has 9 nitrogen and oxygen atoms in total. The molecule has 28 heavy (non-hydrogen) atoms. The second-order valence-electron chi connectivity index (χ2n) is 5.47. The van der Waals surface area contributed by atoms with Crippen LogP contribution in [0.3, 0.4) is 0 Å². The first kappa shape index (κ1) is 21.1. The normalized spacial score (nSPS) is 10.8. The number of nitrogens with one attached hydrogen (secondary N) is 2. The molecule has 0 radical (unpaired) electrons. The van der Waals surface area contributed by atoms with E-state index in [9.17, 15) is 22.8 Å². The van der Waals surface area contributed by atoms with E-state index in [2.05, 4.69) is 19.5 Å². The maximum absolute atomic E-state index is 12.5. The zero-order valence-corrected chi connectivity index (χ0v) is 16.1. The first-order valence-corrected chi connectivity index (χ1v) is 9.37. The number of anilines is 1. The number of ether oxygens (including phenoxy) is 2. The van der Waals surface area contributed by atoms with Crippen molar-refractivity contribution in [3.63, 3.8) is 0 Å². The Labute approximate surface area is 161 Å². The summed E-state index contributed by atoms with van der Waals surface area (Å²) in [6.07, 6.45) is 0. The number of carbonyl (C=O) groups is 3. The van der Waals surface area contributed by atoms with E-state index in [1.165, 1.54) is 63.7 Å². The van der Waals surface area contributed by atoms with Gasteiger partial charge in [-0.15, -0.1) is 0 Å². The average molecular weight is 406 g/mol. The summed E-state index contributed by atoms with van der Waals surface area (Å²) in [6, 6.07) is 9.31. The predicted octanol–water partition coefficient (Wildman–Crippen LogP) is 1.42. The number of hydrogen-bond acceptors (Lipinski definition) is 7. The molecular formula is C18H18N2O7S. The second-order valence-corrected chi connectivity index (χ2v) is 7.36. The fraction of sp³-hybridized carbons (Fsp3) is 0.167. The molecule has 2 aromatic carbocycles. The van der Waals surface area contributed by atoms with Crippen LogP contribution >= 0.6 is 0 Å². The molecule has 0 spiro atoms. The minimum atomic E-state index is -3.72. The molecule has 2 aromatic rings. The summed E-state index contributed by atoms with van der Waals surface area (Å²) in [5, 5.41) is 2.52. The maximum Gasteiger partial charge on any atom is 0.337 e. The van der Waals surface area contributed by atoms with Crippen molar-refractivity contribution in [2.75, 3.05) is 26.6 Å². The lowest BCUT2D eigenvalue weighted by atomic mass is 10.1. The highest BCUT2D eigenvalue weighted by atomic mass is 32.2. The van der Waals surface area contributed by atoms with E-state index in [1.54, 1.807) is 0 Å². The highest BCUT2D eigenvalue weighted by molar-refractivity contribution is 7.89. The number of benzene rings is 2. The highest BCUT2D eigenvalue weighted by Crippen LogP contribution is 2.19. The van der Waals surface area contributed by atoms with Gasteiger partial charge in [0.1, 0.15) is 0 Å². The Morgan fingerprint density at radius 2 is 1.43 bits per heavy atom. The predicted molar refractivity (Wildman–Crippen MR) is 99.8 cm³/mol. The molecule has 0 saturated heterocycles. The molecule has 1 amide bonds. The van der Waals surface area contributed by atoms with E-state index in [-0.39, 0.29) is 27.3 Å². The Balaban J connectivity index is 2.39. The van der Waals surface area contributed by atoms with Gasteiger partial charge in [0.2, 0.25) is 10.0 Å². The molecule has 0 unspecified atom stereocenters.